The SMILES string of the molecule is CCCCCC(CCCCC)CCOC(=O)CCCCCCCCC1(CCCCCCC(=O)OCCC(CCCCC)CCCCC)OCC(CCN2CCN(C)CC2)O1. The summed E-state index contributed by atoms with van der Waals surface area (Å²) < 4.78 is 24.8. The van der Waals surface area contributed by atoms with Crippen LogP contribution >= 0.6 is 0 Å². The summed E-state index contributed by atoms with van der Waals surface area (Å²) in [6, 6.07) is 0. The highest BCUT2D eigenvalue weighted by atomic mass is 16.7. The van der Waals surface area contributed by atoms with E-state index < -0.39 is 5.79 Å². The van der Waals surface area contributed by atoms with E-state index in [4.69, 9.17) is 18.9 Å². The number of esters is 2. The first kappa shape index (κ1) is 54.9. The molecule has 0 spiro atoms. The molecule has 0 amide bonds. The highest BCUT2D eigenvalue weighted by Crippen LogP contribution is 2.36. The Bertz CT molecular complexity index is 985. The molecular weight excluding hydrogens is 749 g/mol. The van der Waals surface area contributed by atoms with Gasteiger partial charge >= 0.3 is 11.9 Å². The molecule has 2 fully saturated rings. The Kier molecular flexibility index (Phi) is 34.0. The summed E-state index contributed by atoms with van der Waals surface area (Å²) in [4.78, 5) is 30.0. The number of likely N-dealkylation sites (N-methyl/N-ethyl adjacent to an activating group) is 1. The highest BCUT2D eigenvalue weighted by molar-refractivity contribution is 5.69. The maximum atomic E-state index is 12.6. The highest BCUT2D eigenvalue weighted by Gasteiger charge is 2.40. The zero-order valence-electron chi connectivity index (χ0n) is 40.6. The molecule has 354 valence electrons. The van der Waals surface area contributed by atoms with E-state index in [9.17, 15) is 9.59 Å². The van der Waals surface area contributed by atoms with Gasteiger partial charge in [0.1, 0.15) is 0 Å². The average molecular weight is 849 g/mol. The molecule has 0 bridgehead atoms. The van der Waals surface area contributed by atoms with E-state index in [1.165, 1.54) is 116 Å². The molecule has 2 rings (SSSR count). The number of unbranched alkanes of at least 4 members (excludes halogenated alkanes) is 16. The quantitative estimate of drug-likeness (QED) is 0.0445. The van der Waals surface area contributed by atoms with Crippen LogP contribution in [0.4, 0.5) is 0 Å². The molecule has 8 nitrogen and oxygen atoms in total. The van der Waals surface area contributed by atoms with E-state index in [2.05, 4.69) is 44.5 Å². The van der Waals surface area contributed by atoms with E-state index in [1.807, 2.05) is 0 Å². The van der Waals surface area contributed by atoms with Gasteiger partial charge in [-0.3, -0.25) is 9.59 Å². The van der Waals surface area contributed by atoms with Crippen LogP contribution in [-0.4, -0.2) is 93.2 Å². The molecule has 0 saturated carbocycles. The number of hydrogen-bond acceptors (Lipinski definition) is 8. The molecule has 2 saturated heterocycles. The molecule has 0 N–H and O–H groups in total. The van der Waals surface area contributed by atoms with Crippen molar-refractivity contribution in [1.29, 1.82) is 0 Å². The van der Waals surface area contributed by atoms with Crippen molar-refractivity contribution in [2.45, 2.75) is 251 Å². The molecule has 0 aromatic heterocycles. The van der Waals surface area contributed by atoms with Crippen molar-refractivity contribution < 1.29 is 28.5 Å². The smallest absolute Gasteiger partial charge is 0.305 e. The summed E-state index contributed by atoms with van der Waals surface area (Å²) in [5.41, 5.74) is 0. The van der Waals surface area contributed by atoms with Crippen molar-refractivity contribution in [3.8, 4) is 0 Å². The topological polar surface area (TPSA) is 77.5 Å². The maximum absolute atomic E-state index is 12.6. The molecule has 8 heteroatoms. The first-order valence-corrected chi connectivity index (χ1v) is 26.4. The summed E-state index contributed by atoms with van der Waals surface area (Å²) in [7, 11) is 2.21. The molecule has 0 aliphatic carbocycles. The molecule has 2 heterocycles. The lowest BCUT2D eigenvalue weighted by Crippen LogP contribution is -2.45. The number of carbonyl (C=O) groups excluding carboxylic acids is 2. The van der Waals surface area contributed by atoms with Crippen molar-refractivity contribution in [2.75, 3.05) is 59.6 Å². The van der Waals surface area contributed by atoms with Crippen LogP contribution in [0.1, 0.15) is 240 Å². The second kappa shape index (κ2) is 37.2. The normalized spacial score (nSPS) is 18.9. The molecule has 0 aromatic rings. The monoisotopic (exact) mass is 849 g/mol. The largest absolute Gasteiger partial charge is 0.466 e. The van der Waals surface area contributed by atoms with Crippen molar-refractivity contribution in [1.82, 2.24) is 9.80 Å². The van der Waals surface area contributed by atoms with Gasteiger partial charge in [0.2, 0.25) is 0 Å². The lowest BCUT2D eigenvalue weighted by molar-refractivity contribution is -0.180. The first-order valence-electron chi connectivity index (χ1n) is 26.4. The van der Waals surface area contributed by atoms with Crippen LogP contribution in [0, 0.1) is 11.8 Å². The molecular formula is C52H100N2O6. The summed E-state index contributed by atoms with van der Waals surface area (Å²) >= 11 is 0. The predicted molar refractivity (Wildman–Crippen MR) is 251 cm³/mol. The van der Waals surface area contributed by atoms with Crippen molar-refractivity contribution in [3.05, 3.63) is 0 Å². The summed E-state index contributed by atoms with van der Waals surface area (Å²) in [5.74, 6) is 0.909. The number of nitrogens with zero attached hydrogens (tertiary/aromatic N) is 2. The average Bonchev–Trinajstić information content (AvgIpc) is 3.65. The number of piperazine rings is 1. The number of rotatable bonds is 41. The Morgan fingerprint density at radius 2 is 0.967 bits per heavy atom. The van der Waals surface area contributed by atoms with Crippen molar-refractivity contribution >= 4 is 11.9 Å². The first-order chi connectivity index (χ1) is 29.3. The fourth-order valence-corrected chi connectivity index (χ4v) is 9.35. The van der Waals surface area contributed by atoms with Crippen LogP contribution in [0.2, 0.25) is 0 Å². The summed E-state index contributed by atoms with van der Waals surface area (Å²) in [5, 5.41) is 0. The van der Waals surface area contributed by atoms with E-state index in [0.29, 0.717) is 44.5 Å². The van der Waals surface area contributed by atoms with Gasteiger partial charge < -0.3 is 28.7 Å². The van der Waals surface area contributed by atoms with Gasteiger partial charge in [-0.25, -0.2) is 0 Å². The third kappa shape index (κ3) is 28.5. The molecule has 2 atom stereocenters. The van der Waals surface area contributed by atoms with Crippen LogP contribution in [0.3, 0.4) is 0 Å². The van der Waals surface area contributed by atoms with Crippen molar-refractivity contribution in [2.24, 2.45) is 11.8 Å². The van der Waals surface area contributed by atoms with Crippen LogP contribution in [-0.2, 0) is 28.5 Å². The number of carbonyl (C=O) groups is 2. The summed E-state index contributed by atoms with van der Waals surface area (Å²) in [6.45, 7) is 16.6. The molecule has 2 unspecified atom stereocenters. The lowest BCUT2D eigenvalue weighted by Gasteiger charge is -2.33. The Labute approximate surface area is 372 Å². The Morgan fingerprint density at radius 3 is 1.40 bits per heavy atom. The lowest BCUT2D eigenvalue weighted by atomic mass is 9.92. The second-order valence-electron chi connectivity index (χ2n) is 19.2. The third-order valence-corrected chi connectivity index (χ3v) is 13.6. The number of hydrogen-bond donors (Lipinski definition) is 0. The van der Waals surface area contributed by atoms with Gasteiger partial charge in [-0.15, -0.1) is 0 Å². The summed E-state index contributed by atoms with van der Waals surface area (Å²) in [6.07, 6.45) is 37.6. The minimum absolute atomic E-state index is 0.00913. The molecule has 0 radical (unpaired) electrons. The van der Waals surface area contributed by atoms with Gasteiger partial charge in [-0.2, -0.15) is 0 Å². The van der Waals surface area contributed by atoms with Crippen LogP contribution < -0.4 is 0 Å². The zero-order chi connectivity index (χ0) is 43.4. The fraction of sp³-hybridized carbons (Fsp3) is 0.962. The Morgan fingerprint density at radius 1 is 0.550 bits per heavy atom. The van der Waals surface area contributed by atoms with E-state index in [-0.39, 0.29) is 18.0 Å². The van der Waals surface area contributed by atoms with Gasteiger partial charge in [0.15, 0.2) is 5.79 Å². The van der Waals surface area contributed by atoms with Gasteiger partial charge in [0, 0.05) is 58.4 Å². The molecule has 0 aromatic carbocycles. The predicted octanol–water partition coefficient (Wildman–Crippen LogP) is 13.6. The zero-order valence-corrected chi connectivity index (χ0v) is 40.6. The Balaban J connectivity index is 1.66. The fourth-order valence-electron chi connectivity index (χ4n) is 9.35. The van der Waals surface area contributed by atoms with Gasteiger partial charge in [0.25, 0.3) is 0 Å². The third-order valence-electron chi connectivity index (χ3n) is 13.6. The van der Waals surface area contributed by atoms with E-state index in [1.54, 1.807) is 0 Å². The standard InChI is InChI=1S/C52H100N2O6/c1-6-10-20-28-47(29-21-11-7-2)35-44-57-50(55)32-24-16-14-15-18-26-37-52(59-46-49(60-52)34-39-54-42-40-53(5)41-43-54)38-27-19-17-25-33-51(56)58-45-36-48(30-22-12-8-3)31-23-13-9-4/h47-49H,6-46H2,1-5H3. The maximum Gasteiger partial charge on any atom is 0.305 e. The van der Waals surface area contributed by atoms with E-state index >= 15 is 0 Å². The Hall–Kier alpha value is -1.22. The minimum Gasteiger partial charge on any atom is -0.466 e. The number of ether oxygens (including phenoxy) is 4. The van der Waals surface area contributed by atoms with Crippen molar-refractivity contribution in [3.63, 3.8) is 0 Å². The molecule has 2 aliphatic heterocycles. The van der Waals surface area contributed by atoms with Crippen LogP contribution in [0.5, 0.6) is 0 Å². The van der Waals surface area contributed by atoms with E-state index in [0.717, 1.165) is 116 Å². The van der Waals surface area contributed by atoms with Gasteiger partial charge in [-0.05, 0) is 63.8 Å². The minimum atomic E-state index is -0.467. The molecule has 2 aliphatic rings. The van der Waals surface area contributed by atoms with Crippen LogP contribution in [0.15, 0.2) is 0 Å². The second-order valence-corrected chi connectivity index (χ2v) is 19.2. The van der Waals surface area contributed by atoms with Gasteiger partial charge in [0.05, 0.1) is 25.9 Å². The van der Waals surface area contributed by atoms with Crippen LogP contribution in [0.25, 0.3) is 0 Å². The molecule has 60 heavy (non-hydrogen) atoms. The van der Waals surface area contributed by atoms with Gasteiger partial charge in [-0.1, -0.05) is 169 Å².